The summed E-state index contributed by atoms with van der Waals surface area (Å²) < 4.78 is 0. The Morgan fingerprint density at radius 3 is 1.96 bits per heavy atom. The highest BCUT2D eigenvalue weighted by atomic mass is 16.1. The minimum Gasteiger partial charge on any atom is -0.361 e. The van der Waals surface area contributed by atoms with Crippen molar-refractivity contribution in [2.45, 2.75) is 25.6 Å². The lowest BCUT2D eigenvalue weighted by Crippen LogP contribution is -2.37. The minimum atomic E-state index is -0.195. The van der Waals surface area contributed by atoms with Crippen molar-refractivity contribution in [1.82, 2.24) is 9.88 Å². The second-order valence-electron chi connectivity index (χ2n) is 7.14. The van der Waals surface area contributed by atoms with Crippen molar-refractivity contribution in [2.75, 3.05) is 0 Å². The van der Waals surface area contributed by atoms with Crippen molar-refractivity contribution in [3.05, 3.63) is 108 Å². The number of nitrogens with zero attached hydrogens (tertiary/aromatic N) is 1. The molecule has 0 aliphatic rings. The number of hydrogen-bond donors (Lipinski definition) is 1. The average Bonchev–Trinajstić information content (AvgIpc) is 3.16. The van der Waals surface area contributed by atoms with E-state index in [-0.39, 0.29) is 6.04 Å². The van der Waals surface area contributed by atoms with Gasteiger partial charge in [0.15, 0.2) is 0 Å². The largest absolute Gasteiger partial charge is 0.361 e. The molecule has 140 valence electrons. The summed E-state index contributed by atoms with van der Waals surface area (Å²) in [7, 11) is 0. The summed E-state index contributed by atoms with van der Waals surface area (Å²) in [6, 6.07) is 28.8. The third kappa shape index (κ3) is 4.21. The first-order valence-electron chi connectivity index (χ1n) is 9.65. The third-order valence-corrected chi connectivity index (χ3v) is 5.19. The number of carbonyl (C=O) groups is 1. The van der Waals surface area contributed by atoms with Crippen molar-refractivity contribution in [2.24, 2.45) is 0 Å². The third-order valence-electron chi connectivity index (χ3n) is 5.19. The Balaban J connectivity index is 1.61. The van der Waals surface area contributed by atoms with Crippen LogP contribution in [0, 0.1) is 0 Å². The van der Waals surface area contributed by atoms with Crippen LogP contribution in [0.15, 0.2) is 91.1 Å². The Morgan fingerprint density at radius 2 is 1.36 bits per heavy atom. The number of aromatic nitrogens is 1. The summed E-state index contributed by atoms with van der Waals surface area (Å²) in [5.74, 6) is 0. The van der Waals surface area contributed by atoms with Gasteiger partial charge < -0.3 is 9.78 Å². The van der Waals surface area contributed by atoms with Crippen molar-refractivity contribution in [1.29, 1.82) is 0 Å². The molecule has 1 atom stereocenters. The van der Waals surface area contributed by atoms with Gasteiger partial charge in [-0.3, -0.25) is 4.90 Å². The number of para-hydroxylation sites is 1. The fourth-order valence-corrected chi connectivity index (χ4v) is 3.72. The molecule has 0 radical (unpaired) electrons. The van der Waals surface area contributed by atoms with Crippen molar-refractivity contribution >= 4 is 17.2 Å². The number of H-pyrrole nitrogens is 1. The molecular weight excluding hydrogens is 344 g/mol. The zero-order valence-electron chi connectivity index (χ0n) is 15.8. The minimum absolute atomic E-state index is 0.195. The maximum absolute atomic E-state index is 12.1. The van der Waals surface area contributed by atoms with Crippen LogP contribution in [-0.2, 0) is 24.3 Å². The summed E-state index contributed by atoms with van der Waals surface area (Å²) in [5, 5.41) is 1.19. The number of aldehydes is 1. The summed E-state index contributed by atoms with van der Waals surface area (Å²) in [4.78, 5) is 17.7. The number of hydrogen-bond acceptors (Lipinski definition) is 2. The lowest BCUT2D eigenvalue weighted by atomic mass is 10.0. The maximum Gasteiger partial charge on any atom is 0.137 e. The van der Waals surface area contributed by atoms with Gasteiger partial charge in [-0.15, -0.1) is 0 Å². The van der Waals surface area contributed by atoms with E-state index in [1.165, 1.54) is 22.1 Å². The first kappa shape index (κ1) is 18.2. The lowest BCUT2D eigenvalue weighted by molar-refractivity contribution is -0.112. The van der Waals surface area contributed by atoms with Crippen LogP contribution in [0.1, 0.15) is 16.7 Å². The van der Waals surface area contributed by atoms with Crippen molar-refractivity contribution in [3.63, 3.8) is 0 Å². The van der Waals surface area contributed by atoms with Crippen LogP contribution in [0.25, 0.3) is 10.9 Å². The van der Waals surface area contributed by atoms with Gasteiger partial charge in [0.05, 0.1) is 6.04 Å². The molecule has 1 heterocycles. The van der Waals surface area contributed by atoms with Gasteiger partial charge >= 0.3 is 0 Å². The molecule has 4 rings (SSSR count). The van der Waals surface area contributed by atoms with Crippen LogP contribution in [0.3, 0.4) is 0 Å². The predicted octanol–water partition coefficient (Wildman–Crippen LogP) is 4.98. The number of carbonyl (C=O) groups excluding carboxylic acids is 1. The predicted molar refractivity (Wildman–Crippen MR) is 114 cm³/mol. The Hall–Kier alpha value is -3.17. The topological polar surface area (TPSA) is 36.1 Å². The average molecular weight is 368 g/mol. The first-order valence-corrected chi connectivity index (χ1v) is 9.65. The molecule has 3 aromatic carbocycles. The zero-order valence-corrected chi connectivity index (χ0v) is 15.8. The summed E-state index contributed by atoms with van der Waals surface area (Å²) >= 11 is 0. The fraction of sp³-hybridized carbons (Fsp3) is 0.160. The molecule has 0 aliphatic heterocycles. The van der Waals surface area contributed by atoms with Gasteiger partial charge in [0.25, 0.3) is 0 Å². The van der Waals surface area contributed by atoms with Crippen LogP contribution in [0.5, 0.6) is 0 Å². The summed E-state index contributed by atoms with van der Waals surface area (Å²) in [6.07, 6.45) is 3.81. The van der Waals surface area contributed by atoms with Crippen molar-refractivity contribution < 1.29 is 4.79 Å². The van der Waals surface area contributed by atoms with Gasteiger partial charge in [0.2, 0.25) is 0 Å². The van der Waals surface area contributed by atoms with E-state index in [0.29, 0.717) is 6.42 Å². The molecule has 0 unspecified atom stereocenters. The highest BCUT2D eigenvalue weighted by Crippen LogP contribution is 2.22. The van der Waals surface area contributed by atoms with E-state index in [0.717, 1.165) is 24.9 Å². The molecule has 3 heteroatoms. The lowest BCUT2D eigenvalue weighted by Gasteiger charge is -2.28. The molecule has 3 nitrogen and oxygen atoms in total. The number of benzene rings is 3. The fourth-order valence-electron chi connectivity index (χ4n) is 3.72. The van der Waals surface area contributed by atoms with E-state index in [1.54, 1.807) is 0 Å². The number of rotatable bonds is 8. The van der Waals surface area contributed by atoms with E-state index < -0.39 is 0 Å². The quantitative estimate of drug-likeness (QED) is 0.445. The highest BCUT2D eigenvalue weighted by Gasteiger charge is 2.20. The molecule has 0 amide bonds. The normalized spacial score (nSPS) is 12.3. The summed E-state index contributed by atoms with van der Waals surface area (Å²) in [5.41, 5.74) is 4.71. The molecule has 4 aromatic rings. The monoisotopic (exact) mass is 368 g/mol. The molecule has 0 bridgehead atoms. The Kier molecular flexibility index (Phi) is 5.64. The second-order valence-corrected chi connectivity index (χ2v) is 7.14. The van der Waals surface area contributed by atoms with E-state index in [2.05, 4.69) is 46.3 Å². The Labute approximate surface area is 165 Å². The van der Waals surface area contributed by atoms with Crippen LogP contribution < -0.4 is 0 Å². The zero-order chi connectivity index (χ0) is 19.2. The van der Waals surface area contributed by atoms with Crippen molar-refractivity contribution in [3.8, 4) is 0 Å². The van der Waals surface area contributed by atoms with E-state index in [4.69, 9.17) is 0 Å². The highest BCUT2D eigenvalue weighted by molar-refractivity contribution is 5.83. The molecule has 1 aromatic heterocycles. The number of aromatic amines is 1. The molecule has 0 spiro atoms. The van der Waals surface area contributed by atoms with E-state index in [9.17, 15) is 4.79 Å². The van der Waals surface area contributed by atoms with E-state index in [1.807, 2.05) is 54.7 Å². The SMILES string of the molecule is O=C[C@H](Cc1c[nH]c2ccccc12)N(Cc1ccccc1)Cc1ccccc1. The molecule has 1 N–H and O–H groups in total. The molecule has 0 saturated carbocycles. The van der Waals surface area contributed by atoms with Gasteiger partial charge in [-0.25, -0.2) is 0 Å². The van der Waals surface area contributed by atoms with Crippen LogP contribution in [0.2, 0.25) is 0 Å². The maximum atomic E-state index is 12.1. The molecular formula is C25H24N2O. The van der Waals surface area contributed by atoms with Gasteiger partial charge in [0.1, 0.15) is 6.29 Å². The second kappa shape index (κ2) is 8.68. The van der Waals surface area contributed by atoms with Gasteiger partial charge in [0, 0.05) is 30.2 Å². The number of nitrogens with one attached hydrogen (secondary N) is 1. The van der Waals surface area contributed by atoms with Crippen LogP contribution in [0.4, 0.5) is 0 Å². The Morgan fingerprint density at radius 1 is 0.786 bits per heavy atom. The molecule has 28 heavy (non-hydrogen) atoms. The van der Waals surface area contributed by atoms with Gasteiger partial charge in [-0.1, -0.05) is 78.9 Å². The Bertz CT molecular complexity index is 983. The number of fused-ring (bicyclic) bond motifs is 1. The summed E-state index contributed by atoms with van der Waals surface area (Å²) in [6.45, 7) is 1.48. The molecule has 0 fully saturated rings. The smallest absolute Gasteiger partial charge is 0.137 e. The van der Waals surface area contributed by atoms with Crippen LogP contribution in [-0.4, -0.2) is 22.2 Å². The first-order chi connectivity index (χ1) is 13.8. The van der Waals surface area contributed by atoms with Gasteiger partial charge in [-0.05, 0) is 29.2 Å². The van der Waals surface area contributed by atoms with Gasteiger partial charge in [-0.2, -0.15) is 0 Å². The molecule has 0 saturated heterocycles. The standard InChI is InChI=1S/C25H24N2O/c28-19-23(15-22-16-26-25-14-8-7-13-24(22)25)27(17-20-9-3-1-4-10-20)18-21-11-5-2-6-12-21/h1-14,16,19,23,26H,15,17-18H2/t23-/m0/s1. The van der Waals surface area contributed by atoms with Crippen LogP contribution >= 0.6 is 0 Å². The molecule has 0 aliphatic carbocycles. The van der Waals surface area contributed by atoms with E-state index >= 15 is 0 Å².